The summed E-state index contributed by atoms with van der Waals surface area (Å²) in [6.45, 7) is 6.21. The topological polar surface area (TPSA) is 72.2 Å². The standard InChI is InChI=1S/C27H42N2O2S/c1-26-16-4-3-5-20(26)8-11-22-23-12-13-25(27(23,2)17-14-24(22)26)29-18-15-19-6-9-21(10-7-19)32(28,30)31/h6-7,9-10,20,22-25,29H,3-5,8,11-18H2,1-2H3,(H2,28,30,31)/t20-,22+,23+,24+,25+,26+,27+/m1/s1. The van der Waals surface area contributed by atoms with Crippen molar-refractivity contribution < 1.29 is 8.42 Å². The summed E-state index contributed by atoms with van der Waals surface area (Å²) in [5.41, 5.74) is 2.23. The van der Waals surface area contributed by atoms with Gasteiger partial charge in [0.1, 0.15) is 0 Å². The molecule has 5 rings (SSSR count). The molecule has 3 N–H and O–H groups in total. The highest BCUT2D eigenvalue weighted by Gasteiger charge is 2.59. The molecular formula is C27H42N2O2S. The summed E-state index contributed by atoms with van der Waals surface area (Å²) >= 11 is 0. The molecule has 1 aromatic carbocycles. The average molecular weight is 459 g/mol. The molecule has 0 saturated heterocycles. The van der Waals surface area contributed by atoms with E-state index in [1.54, 1.807) is 12.1 Å². The first-order valence-corrected chi connectivity index (χ1v) is 14.6. The number of primary sulfonamides is 1. The molecule has 0 bridgehead atoms. The summed E-state index contributed by atoms with van der Waals surface area (Å²) in [6, 6.07) is 7.67. The van der Waals surface area contributed by atoms with Gasteiger partial charge in [-0.05, 0) is 117 Å². The van der Waals surface area contributed by atoms with E-state index in [-0.39, 0.29) is 4.90 Å². The van der Waals surface area contributed by atoms with Crippen molar-refractivity contribution in [1.82, 2.24) is 5.32 Å². The van der Waals surface area contributed by atoms with Gasteiger partial charge in [-0.25, -0.2) is 13.6 Å². The average Bonchev–Trinajstić information content (AvgIpc) is 3.09. The van der Waals surface area contributed by atoms with Crippen molar-refractivity contribution in [3.63, 3.8) is 0 Å². The quantitative estimate of drug-likeness (QED) is 0.631. The highest BCUT2D eigenvalue weighted by atomic mass is 32.2. The van der Waals surface area contributed by atoms with E-state index in [2.05, 4.69) is 19.2 Å². The van der Waals surface area contributed by atoms with E-state index in [1.165, 1.54) is 64.2 Å². The first-order chi connectivity index (χ1) is 15.2. The van der Waals surface area contributed by atoms with Crippen molar-refractivity contribution in [2.75, 3.05) is 6.54 Å². The van der Waals surface area contributed by atoms with Gasteiger partial charge in [-0.15, -0.1) is 0 Å². The molecule has 4 fully saturated rings. The normalized spacial score (nSPS) is 41.5. The number of rotatable bonds is 5. The van der Waals surface area contributed by atoms with Crippen molar-refractivity contribution in [2.24, 2.45) is 39.6 Å². The Kier molecular flexibility index (Phi) is 5.99. The minimum atomic E-state index is -3.61. The smallest absolute Gasteiger partial charge is 0.238 e. The second-order valence-electron chi connectivity index (χ2n) is 12.0. The lowest BCUT2D eigenvalue weighted by molar-refractivity contribution is -0.107. The zero-order valence-electron chi connectivity index (χ0n) is 20.0. The molecule has 0 radical (unpaired) electrons. The molecule has 32 heavy (non-hydrogen) atoms. The first-order valence-electron chi connectivity index (χ1n) is 13.1. The van der Waals surface area contributed by atoms with Gasteiger partial charge in [0.25, 0.3) is 0 Å². The van der Waals surface area contributed by atoms with Gasteiger partial charge in [0.05, 0.1) is 4.90 Å². The maximum Gasteiger partial charge on any atom is 0.238 e. The minimum absolute atomic E-state index is 0.193. The summed E-state index contributed by atoms with van der Waals surface area (Å²) in [5, 5.41) is 9.15. The van der Waals surface area contributed by atoms with Crippen LogP contribution < -0.4 is 10.5 Å². The number of nitrogens with one attached hydrogen (secondary N) is 1. The minimum Gasteiger partial charge on any atom is -0.313 e. The zero-order valence-corrected chi connectivity index (χ0v) is 20.8. The summed E-state index contributed by atoms with van der Waals surface area (Å²) < 4.78 is 22.9. The van der Waals surface area contributed by atoms with Gasteiger partial charge in [-0.3, -0.25) is 0 Å². The number of sulfonamides is 1. The third kappa shape index (κ3) is 3.86. The fourth-order valence-electron chi connectivity index (χ4n) is 8.87. The van der Waals surface area contributed by atoms with Gasteiger partial charge in [-0.1, -0.05) is 38.8 Å². The Morgan fingerprint density at radius 2 is 1.66 bits per heavy atom. The van der Waals surface area contributed by atoms with Crippen LogP contribution in [0.3, 0.4) is 0 Å². The molecule has 0 unspecified atom stereocenters. The van der Waals surface area contributed by atoms with Gasteiger partial charge >= 0.3 is 0 Å². The van der Waals surface area contributed by atoms with E-state index in [9.17, 15) is 8.42 Å². The molecule has 0 aliphatic heterocycles. The molecule has 4 aliphatic rings. The van der Waals surface area contributed by atoms with Crippen molar-refractivity contribution in [1.29, 1.82) is 0 Å². The Morgan fingerprint density at radius 1 is 0.906 bits per heavy atom. The molecule has 7 atom stereocenters. The van der Waals surface area contributed by atoms with E-state index in [0.29, 0.717) is 16.9 Å². The maximum atomic E-state index is 11.5. The van der Waals surface area contributed by atoms with Crippen LogP contribution in [0, 0.1) is 34.5 Å². The van der Waals surface area contributed by atoms with Crippen LogP contribution in [0.2, 0.25) is 0 Å². The molecule has 0 amide bonds. The van der Waals surface area contributed by atoms with Crippen LogP contribution in [0.4, 0.5) is 0 Å². The molecule has 178 valence electrons. The third-order valence-electron chi connectivity index (χ3n) is 10.6. The molecule has 4 saturated carbocycles. The van der Waals surface area contributed by atoms with Crippen LogP contribution in [0.5, 0.6) is 0 Å². The Morgan fingerprint density at radius 3 is 2.41 bits per heavy atom. The Bertz CT molecular complexity index is 929. The van der Waals surface area contributed by atoms with Crippen LogP contribution in [0.15, 0.2) is 29.2 Å². The predicted molar refractivity (Wildman–Crippen MR) is 130 cm³/mol. The van der Waals surface area contributed by atoms with E-state index >= 15 is 0 Å². The summed E-state index contributed by atoms with van der Waals surface area (Å²) in [7, 11) is -3.61. The highest BCUT2D eigenvalue weighted by molar-refractivity contribution is 7.89. The third-order valence-corrected chi connectivity index (χ3v) is 11.6. The molecule has 0 aromatic heterocycles. The monoisotopic (exact) mass is 458 g/mol. The van der Waals surface area contributed by atoms with Crippen molar-refractivity contribution in [3.8, 4) is 0 Å². The van der Waals surface area contributed by atoms with Gasteiger partial charge in [0, 0.05) is 6.04 Å². The second kappa shape index (κ2) is 8.39. The fourth-order valence-corrected chi connectivity index (χ4v) is 9.38. The first kappa shape index (κ1) is 22.9. The molecule has 5 heteroatoms. The van der Waals surface area contributed by atoms with E-state index in [4.69, 9.17) is 5.14 Å². The molecule has 4 aliphatic carbocycles. The number of hydrogen-bond acceptors (Lipinski definition) is 3. The Balaban J connectivity index is 1.21. The van der Waals surface area contributed by atoms with Crippen LogP contribution >= 0.6 is 0 Å². The Labute approximate surface area is 195 Å². The summed E-state index contributed by atoms with van der Waals surface area (Å²) in [5.74, 6) is 3.81. The lowest BCUT2D eigenvalue weighted by Gasteiger charge is -2.60. The second-order valence-corrected chi connectivity index (χ2v) is 13.5. The predicted octanol–water partition coefficient (Wildman–Crippen LogP) is 5.27. The number of fused-ring (bicyclic) bond motifs is 5. The van der Waals surface area contributed by atoms with E-state index < -0.39 is 10.0 Å². The molecule has 0 heterocycles. The molecule has 4 nitrogen and oxygen atoms in total. The van der Waals surface area contributed by atoms with Gasteiger partial charge in [0.15, 0.2) is 0 Å². The Hall–Kier alpha value is -0.910. The maximum absolute atomic E-state index is 11.5. The zero-order chi connectivity index (χ0) is 22.6. The number of benzene rings is 1. The van der Waals surface area contributed by atoms with Crippen LogP contribution in [0.25, 0.3) is 0 Å². The molecule has 0 spiro atoms. The van der Waals surface area contributed by atoms with Gasteiger partial charge in [0.2, 0.25) is 10.0 Å². The summed E-state index contributed by atoms with van der Waals surface area (Å²) in [4.78, 5) is 0.193. The van der Waals surface area contributed by atoms with Crippen molar-refractivity contribution in [3.05, 3.63) is 29.8 Å². The lowest BCUT2D eigenvalue weighted by atomic mass is 9.45. The lowest BCUT2D eigenvalue weighted by Crippen LogP contribution is -2.55. The number of hydrogen-bond donors (Lipinski definition) is 2. The SMILES string of the molecule is C[C@]12CCCC[C@@H]1CC[C@@H]1[C@@H]2CC[C@]2(C)[C@@H](NCCc3ccc(S(N)(=O)=O)cc3)CC[C@@H]12. The van der Waals surface area contributed by atoms with E-state index in [1.807, 2.05) is 12.1 Å². The summed E-state index contributed by atoms with van der Waals surface area (Å²) in [6.07, 6.45) is 15.3. The van der Waals surface area contributed by atoms with Gasteiger partial charge in [-0.2, -0.15) is 0 Å². The molecule has 1 aromatic rings. The van der Waals surface area contributed by atoms with Crippen LogP contribution in [0.1, 0.15) is 83.6 Å². The molecular weight excluding hydrogens is 416 g/mol. The van der Waals surface area contributed by atoms with Crippen molar-refractivity contribution >= 4 is 10.0 Å². The fraction of sp³-hybridized carbons (Fsp3) is 0.778. The van der Waals surface area contributed by atoms with E-state index in [0.717, 1.165) is 42.2 Å². The van der Waals surface area contributed by atoms with Crippen LogP contribution in [-0.4, -0.2) is 21.0 Å². The van der Waals surface area contributed by atoms with Gasteiger partial charge < -0.3 is 5.32 Å². The highest BCUT2D eigenvalue weighted by Crippen LogP contribution is 2.66. The van der Waals surface area contributed by atoms with Crippen molar-refractivity contribution in [2.45, 2.75) is 95.4 Å². The number of nitrogens with two attached hydrogens (primary N) is 1. The van der Waals surface area contributed by atoms with Crippen LogP contribution in [-0.2, 0) is 16.4 Å². The largest absolute Gasteiger partial charge is 0.313 e.